The predicted octanol–water partition coefficient (Wildman–Crippen LogP) is 4.53. The third-order valence-corrected chi connectivity index (χ3v) is 3.11. The van der Waals surface area contributed by atoms with Crippen molar-refractivity contribution < 1.29 is 0 Å². The molecule has 94 valence electrons. The topological polar surface area (TPSA) is 12.0 Å². The van der Waals surface area contributed by atoms with E-state index < -0.39 is 0 Å². The number of hydrogen-bond acceptors (Lipinski definition) is 1. The summed E-state index contributed by atoms with van der Waals surface area (Å²) in [5.41, 5.74) is 5.45. The van der Waals surface area contributed by atoms with Crippen LogP contribution in [-0.4, -0.2) is 6.54 Å². The molecule has 1 heteroatoms. The van der Waals surface area contributed by atoms with Crippen LogP contribution in [0.15, 0.2) is 30.0 Å². The molecule has 1 nitrogen and oxygen atoms in total. The molecule has 0 atom stereocenters. The van der Waals surface area contributed by atoms with Crippen molar-refractivity contribution in [1.82, 2.24) is 5.32 Å². The molecule has 0 fully saturated rings. The lowest BCUT2D eigenvalue weighted by molar-refractivity contribution is 0.717. The van der Waals surface area contributed by atoms with Gasteiger partial charge < -0.3 is 5.32 Å². The first-order valence-electron chi connectivity index (χ1n) is 6.69. The summed E-state index contributed by atoms with van der Waals surface area (Å²) in [4.78, 5) is 0. The van der Waals surface area contributed by atoms with Crippen LogP contribution < -0.4 is 5.32 Å². The summed E-state index contributed by atoms with van der Waals surface area (Å²) < 4.78 is 0. The van der Waals surface area contributed by atoms with E-state index >= 15 is 0 Å². The van der Waals surface area contributed by atoms with E-state index in [1.807, 2.05) is 0 Å². The van der Waals surface area contributed by atoms with Gasteiger partial charge in [-0.15, -0.1) is 0 Å². The first-order valence-corrected chi connectivity index (χ1v) is 6.69. The fraction of sp³-hybridized carbons (Fsp3) is 0.500. The van der Waals surface area contributed by atoms with Crippen molar-refractivity contribution in [2.45, 2.75) is 47.0 Å². The van der Waals surface area contributed by atoms with Crippen molar-refractivity contribution in [1.29, 1.82) is 0 Å². The van der Waals surface area contributed by atoms with E-state index in [2.05, 4.69) is 57.3 Å². The van der Waals surface area contributed by atoms with Gasteiger partial charge in [0.1, 0.15) is 0 Å². The highest BCUT2D eigenvalue weighted by atomic mass is 14.9. The molecule has 0 saturated heterocycles. The van der Waals surface area contributed by atoms with Crippen LogP contribution in [0.25, 0.3) is 5.57 Å². The Morgan fingerprint density at radius 3 is 2.29 bits per heavy atom. The highest BCUT2D eigenvalue weighted by molar-refractivity contribution is 5.66. The number of aryl methyl sites for hydroxylation is 1. The van der Waals surface area contributed by atoms with Crippen molar-refractivity contribution >= 4 is 5.57 Å². The van der Waals surface area contributed by atoms with Crippen LogP contribution >= 0.6 is 0 Å². The van der Waals surface area contributed by atoms with Crippen LogP contribution in [0.2, 0.25) is 0 Å². The van der Waals surface area contributed by atoms with Crippen molar-refractivity contribution in [3.8, 4) is 0 Å². The molecule has 1 aromatic rings. The number of unbranched alkanes of at least 4 members (excludes halogenated alkanes) is 1. The zero-order chi connectivity index (χ0) is 12.7. The number of benzene rings is 1. The minimum Gasteiger partial charge on any atom is -0.388 e. The highest BCUT2D eigenvalue weighted by Gasteiger charge is 2.03. The Labute approximate surface area is 106 Å². The van der Waals surface area contributed by atoms with E-state index in [0.29, 0.717) is 0 Å². The van der Waals surface area contributed by atoms with Gasteiger partial charge in [0.05, 0.1) is 0 Å². The third kappa shape index (κ3) is 4.26. The second kappa shape index (κ2) is 7.16. The van der Waals surface area contributed by atoms with Crippen molar-refractivity contribution in [3.05, 3.63) is 41.1 Å². The zero-order valence-electron chi connectivity index (χ0n) is 11.6. The lowest BCUT2D eigenvalue weighted by atomic mass is 10.0. The van der Waals surface area contributed by atoms with Crippen molar-refractivity contribution in [3.63, 3.8) is 0 Å². The van der Waals surface area contributed by atoms with Gasteiger partial charge in [-0.2, -0.15) is 0 Å². The van der Waals surface area contributed by atoms with E-state index in [9.17, 15) is 0 Å². The molecular formula is C16H25N. The summed E-state index contributed by atoms with van der Waals surface area (Å²) in [6.45, 7) is 9.75. The Morgan fingerprint density at radius 2 is 1.76 bits per heavy atom. The lowest BCUT2D eigenvalue weighted by Crippen LogP contribution is -2.13. The molecule has 0 bridgehead atoms. The fourth-order valence-electron chi connectivity index (χ4n) is 1.95. The molecule has 0 amide bonds. The van der Waals surface area contributed by atoms with Crippen molar-refractivity contribution in [2.75, 3.05) is 6.54 Å². The van der Waals surface area contributed by atoms with Crippen LogP contribution in [0.1, 0.15) is 51.2 Å². The summed E-state index contributed by atoms with van der Waals surface area (Å²) in [7, 11) is 0. The van der Waals surface area contributed by atoms with Gasteiger partial charge in [-0.1, -0.05) is 43.2 Å². The van der Waals surface area contributed by atoms with E-state index in [1.165, 1.54) is 35.2 Å². The highest BCUT2D eigenvalue weighted by Crippen LogP contribution is 2.20. The molecule has 1 N–H and O–H groups in total. The molecule has 17 heavy (non-hydrogen) atoms. The zero-order valence-corrected chi connectivity index (χ0v) is 11.6. The Kier molecular flexibility index (Phi) is 5.82. The largest absolute Gasteiger partial charge is 0.388 e. The van der Waals surface area contributed by atoms with Gasteiger partial charge >= 0.3 is 0 Å². The molecule has 0 spiro atoms. The SMILES string of the molecule is CCCC/C(NCC)=C(/C)c1ccc(C)cc1. The molecule has 0 radical (unpaired) electrons. The Bertz CT molecular complexity index is 360. The standard InChI is InChI=1S/C16H25N/c1-5-7-8-16(17-6-2)14(4)15-11-9-13(3)10-12-15/h9-12,17H,5-8H2,1-4H3/b16-14+. The van der Waals surface area contributed by atoms with Gasteiger partial charge in [-0.3, -0.25) is 0 Å². The molecule has 0 heterocycles. The Balaban J connectivity index is 2.92. The van der Waals surface area contributed by atoms with E-state index in [1.54, 1.807) is 0 Å². The van der Waals surface area contributed by atoms with Gasteiger partial charge in [-0.25, -0.2) is 0 Å². The summed E-state index contributed by atoms with van der Waals surface area (Å²) in [6.07, 6.45) is 3.66. The Hall–Kier alpha value is -1.24. The fourth-order valence-corrected chi connectivity index (χ4v) is 1.95. The molecule has 0 aliphatic carbocycles. The first-order chi connectivity index (χ1) is 8.19. The molecule has 0 aromatic heterocycles. The van der Waals surface area contributed by atoms with Crippen LogP contribution in [0.4, 0.5) is 0 Å². The number of rotatable bonds is 6. The van der Waals surface area contributed by atoms with Crippen LogP contribution in [0.5, 0.6) is 0 Å². The van der Waals surface area contributed by atoms with Crippen molar-refractivity contribution in [2.24, 2.45) is 0 Å². The second-order valence-electron chi connectivity index (χ2n) is 4.60. The maximum Gasteiger partial charge on any atom is 0.0142 e. The quantitative estimate of drug-likeness (QED) is 0.758. The summed E-state index contributed by atoms with van der Waals surface area (Å²) in [5.74, 6) is 0. The number of nitrogens with one attached hydrogen (secondary N) is 1. The molecule has 0 aliphatic heterocycles. The maximum atomic E-state index is 3.51. The minimum atomic E-state index is 1.00. The van der Waals surface area contributed by atoms with Gasteiger partial charge in [0.2, 0.25) is 0 Å². The smallest absolute Gasteiger partial charge is 0.0142 e. The van der Waals surface area contributed by atoms with Gasteiger partial charge in [0, 0.05) is 12.2 Å². The van der Waals surface area contributed by atoms with Gasteiger partial charge in [0.25, 0.3) is 0 Å². The monoisotopic (exact) mass is 231 g/mol. The second-order valence-corrected chi connectivity index (χ2v) is 4.60. The average molecular weight is 231 g/mol. The van der Waals surface area contributed by atoms with Gasteiger partial charge in [0.15, 0.2) is 0 Å². The third-order valence-electron chi connectivity index (χ3n) is 3.11. The number of hydrogen-bond donors (Lipinski definition) is 1. The Morgan fingerprint density at radius 1 is 1.12 bits per heavy atom. The average Bonchev–Trinajstić information content (AvgIpc) is 2.34. The van der Waals surface area contributed by atoms with E-state index in [4.69, 9.17) is 0 Å². The van der Waals surface area contributed by atoms with Crippen LogP contribution in [0, 0.1) is 6.92 Å². The maximum absolute atomic E-state index is 3.51. The minimum absolute atomic E-state index is 1.00. The van der Waals surface area contributed by atoms with E-state index in [0.717, 1.165) is 13.0 Å². The number of allylic oxidation sites excluding steroid dienone is 2. The molecule has 0 saturated carbocycles. The van der Waals surface area contributed by atoms with Crippen LogP contribution in [-0.2, 0) is 0 Å². The normalized spacial score (nSPS) is 12.2. The predicted molar refractivity (Wildman–Crippen MR) is 77.0 cm³/mol. The van der Waals surface area contributed by atoms with E-state index in [-0.39, 0.29) is 0 Å². The first kappa shape index (κ1) is 13.8. The molecule has 1 aromatic carbocycles. The molecule has 1 rings (SSSR count). The molecular weight excluding hydrogens is 206 g/mol. The molecule has 0 unspecified atom stereocenters. The lowest BCUT2D eigenvalue weighted by Gasteiger charge is -2.14. The van der Waals surface area contributed by atoms with Gasteiger partial charge in [-0.05, 0) is 44.7 Å². The van der Waals surface area contributed by atoms with Crippen LogP contribution in [0.3, 0.4) is 0 Å². The molecule has 0 aliphatic rings. The summed E-state index contributed by atoms with van der Waals surface area (Å²) in [5, 5.41) is 3.51. The summed E-state index contributed by atoms with van der Waals surface area (Å²) in [6, 6.07) is 8.80. The summed E-state index contributed by atoms with van der Waals surface area (Å²) >= 11 is 0.